The Balaban J connectivity index is 1.60. The fourth-order valence-corrected chi connectivity index (χ4v) is 3.68. The molecule has 0 aliphatic carbocycles. The van der Waals surface area contributed by atoms with Gasteiger partial charge in [-0.25, -0.2) is 4.98 Å². The van der Waals surface area contributed by atoms with Crippen LogP contribution in [0.1, 0.15) is 55.7 Å². The van der Waals surface area contributed by atoms with Gasteiger partial charge in [-0.15, -0.1) is 10.2 Å². The highest BCUT2D eigenvalue weighted by Gasteiger charge is 2.27. The van der Waals surface area contributed by atoms with E-state index in [1.807, 2.05) is 17.8 Å². The van der Waals surface area contributed by atoms with E-state index in [-0.39, 0.29) is 0 Å². The summed E-state index contributed by atoms with van der Waals surface area (Å²) in [5.41, 5.74) is 2.18. The van der Waals surface area contributed by atoms with Crippen molar-refractivity contribution in [1.29, 1.82) is 0 Å². The van der Waals surface area contributed by atoms with Crippen LogP contribution in [0.2, 0.25) is 0 Å². The number of aryl methyl sites for hydroxylation is 1. The minimum atomic E-state index is 0.392. The molecule has 8 heteroatoms. The summed E-state index contributed by atoms with van der Waals surface area (Å²) in [6, 6.07) is 0.392. The lowest BCUT2D eigenvalue weighted by Crippen LogP contribution is -2.36. The van der Waals surface area contributed by atoms with Gasteiger partial charge in [0.15, 0.2) is 0 Å². The summed E-state index contributed by atoms with van der Waals surface area (Å²) in [7, 11) is 0. The SMILES string of the molecule is Cc1nc2ncnn2c(N2CCC(c3nncn3C(C)C)CC2)c1C. The van der Waals surface area contributed by atoms with E-state index in [0.717, 1.165) is 43.3 Å². The Hall–Kier alpha value is -2.51. The summed E-state index contributed by atoms with van der Waals surface area (Å²) in [5, 5.41) is 12.9. The van der Waals surface area contributed by atoms with E-state index in [2.05, 4.69) is 55.5 Å². The molecule has 1 aliphatic rings. The van der Waals surface area contributed by atoms with Crippen LogP contribution in [-0.2, 0) is 0 Å². The van der Waals surface area contributed by atoms with Crippen LogP contribution in [0.5, 0.6) is 0 Å². The van der Waals surface area contributed by atoms with Crippen molar-refractivity contribution in [2.75, 3.05) is 18.0 Å². The van der Waals surface area contributed by atoms with Gasteiger partial charge in [0.1, 0.15) is 24.3 Å². The van der Waals surface area contributed by atoms with E-state index in [1.54, 1.807) is 6.33 Å². The van der Waals surface area contributed by atoms with Gasteiger partial charge in [-0.05, 0) is 40.5 Å². The normalized spacial score (nSPS) is 16.3. The van der Waals surface area contributed by atoms with Crippen molar-refractivity contribution in [3.05, 3.63) is 29.7 Å². The lowest BCUT2D eigenvalue weighted by Gasteiger charge is -2.34. The highest BCUT2D eigenvalue weighted by molar-refractivity contribution is 5.54. The predicted octanol–water partition coefficient (Wildman–Crippen LogP) is 2.30. The van der Waals surface area contributed by atoms with Crippen LogP contribution in [0.4, 0.5) is 5.82 Å². The second-order valence-corrected chi connectivity index (χ2v) is 7.07. The number of hydrogen-bond acceptors (Lipinski definition) is 6. The fourth-order valence-electron chi connectivity index (χ4n) is 3.68. The van der Waals surface area contributed by atoms with E-state index < -0.39 is 0 Å². The van der Waals surface area contributed by atoms with Crippen LogP contribution in [0.15, 0.2) is 12.7 Å². The molecule has 3 aromatic heterocycles. The molecule has 0 spiro atoms. The highest BCUT2D eigenvalue weighted by Crippen LogP contribution is 2.32. The summed E-state index contributed by atoms with van der Waals surface area (Å²) >= 11 is 0. The second-order valence-electron chi connectivity index (χ2n) is 7.07. The molecule has 1 saturated heterocycles. The summed E-state index contributed by atoms with van der Waals surface area (Å²) in [5.74, 6) is 3.35. The number of fused-ring (bicyclic) bond motifs is 1. The largest absolute Gasteiger partial charge is 0.356 e. The molecule has 4 rings (SSSR count). The van der Waals surface area contributed by atoms with Crippen molar-refractivity contribution < 1.29 is 0 Å². The van der Waals surface area contributed by atoms with Crippen LogP contribution < -0.4 is 4.90 Å². The van der Waals surface area contributed by atoms with Gasteiger partial charge >= 0.3 is 0 Å². The van der Waals surface area contributed by atoms with Gasteiger partial charge in [-0.2, -0.15) is 14.6 Å². The Morgan fingerprint density at radius 3 is 2.64 bits per heavy atom. The Bertz CT molecular complexity index is 885. The molecule has 25 heavy (non-hydrogen) atoms. The van der Waals surface area contributed by atoms with Crippen LogP contribution >= 0.6 is 0 Å². The Kier molecular flexibility index (Phi) is 3.89. The first-order valence-corrected chi connectivity index (χ1v) is 8.87. The molecule has 1 fully saturated rings. The van der Waals surface area contributed by atoms with Gasteiger partial charge < -0.3 is 9.47 Å². The monoisotopic (exact) mass is 340 g/mol. The maximum atomic E-state index is 4.52. The molecular weight excluding hydrogens is 316 g/mol. The van der Waals surface area contributed by atoms with Crippen LogP contribution in [-0.4, -0.2) is 47.4 Å². The predicted molar refractivity (Wildman–Crippen MR) is 94.9 cm³/mol. The lowest BCUT2D eigenvalue weighted by atomic mass is 9.95. The third-order valence-electron chi connectivity index (χ3n) is 5.19. The van der Waals surface area contributed by atoms with E-state index in [4.69, 9.17) is 0 Å². The van der Waals surface area contributed by atoms with Crippen molar-refractivity contribution in [3.63, 3.8) is 0 Å². The third-order valence-corrected chi connectivity index (χ3v) is 5.19. The zero-order valence-electron chi connectivity index (χ0n) is 15.2. The molecule has 8 nitrogen and oxygen atoms in total. The van der Waals surface area contributed by atoms with Gasteiger partial charge in [0, 0.05) is 36.3 Å². The summed E-state index contributed by atoms with van der Waals surface area (Å²) in [4.78, 5) is 11.2. The van der Waals surface area contributed by atoms with Gasteiger partial charge in [0.05, 0.1) is 0 Å². The maximum Gasteiger partial charge on any atom is 0.254 e. The standard InChI is InChI=1S/C17H24N8/c1-11(2)24-10-19-22-15(24)14-5-7-23(8-6-14)16-12(3)13(4)21-17-18-9-20-25(16)17/h9-11,14H,5-8H2,1-4H3. The van der Waals surface area contributed by atoms with Crippen molar-refractivity contribution in [2.45, 2.75) is 52.5 Å². The van der Waals surface area contributed by atoms with Crippen LogP contribution in [0, 0.1) is 13.8 Å². The number of anilines is 1. The molecule has 0 N–H and O–H groups in total. The second kappa shape index (κ2) is 6.09. The molecule has 0 radical (unpaired) electrons. The first-order chi connectivity index (χ1) is 12.1. The van der Waals surface area contributed by atoms with Gasteiger partial charge in [-0.3, -0.25) is 0 Å². The number of aromatic nitrogens is 7. The first-order valence-electron chi connectivity index (χ1n) is 8.87. The Morgan fingerprint density at radius 1 is 1.16 bits per heavy atom. The Morgan fingerprint density at radius 2 is 1.92 bits per heavy atom. The molecule has 132 valence electrons. The zero-order chi connectivity index (χ0) is 17.6. The molecule has 4 heterocycles. The smallest absolute Gasteiger partial charge is 0.254 e. The highest BCUT2D eigenvalue weighted by atomic mass is 15.4. The van der Waals surface area contributed by atoms with E-state index in [1.165, 1.54) is 5.56 Å². The lowest BCUT2D eigenvalue weighted by molar-refractivity contribution is 0.446. The quantitative estimate of drug-likeness (QED) is 0.728. The summed E-state index contributed by atoms with van der Waals surface area (Å²) in [6.07, 6.45) is 5.54. The van der Waals surface area contributed by atoms with E-state index >= 15 is 0 Å². The molecule has 3 aromatic rings. The fraction of sp³-hybridized carbons (Fsp3) is 0.588. The molecule has 0 saturated carbocycles. The molecule has 0 atom stereocenters. The minimum absolute atomic E-state index is 0.392. The molecule has 0 aromatic carbocycles. The molecule has 0 bridgehead atoms. The number of rotatable bonds is 3. The summed E-state index contributed by atoms with van der Waals surface area (Å²) < 4.78 is 4.05. The third kappa shape index (κ3) is 2.65. The van der Waals surface area contributed by atoms with Crippen LogP contribution in [0.3, 0.4) is 0 Å². The van der Waals surface area contributed by atoms with E-state index in [0.29, 0.717) is 17.7 Å². The first kappa shape index (κ1) is 16.0. The van der Waals surface area contributed by atoms with Crippen molar-refractivity contribution in [2.24, 2.45) is 0 Å². The number of hydrogen-bond donors (Lipinski definition) is 0. The van der Waals surface area contributed by atoms with Gasteiger partial charge in [0.25, 0.3) is 5.78 Å². The molecule has 0 unspecified atom stereocenters. The average Bonchev–Trinajstić information content (AvgIpc) is 3.25. The zero-order valence-corrected chi connectivity index (χ0v) is 15.2. The maximum absolute atomic E-state index is 4.52. The van der Waals surface area contributed by atoms with Crippen LogP contribution in [0.25, 0.3) is 5.78 Å². The average molecular weight is 340 g/mol. The molecular formula is C17H24N8. The van der Waals surface area contributed by atoms with Gasteiger partial charge in [0.2, 0.25) is 0 Å². The summed E-state index contributed by atoms with van der Waals surface area (Å²) in [6.45, 7) is 10.4. The minimum Gasteiger partial charge on any atom is -0.356 e. The van der Waals surface area contributed by atoms with Crippen molar-refractivity contribution >= 4 is 11.6 Å². The molecule has 1 aliphatic heterocycles. The topological polar surface area (TPSA) is 77.0 Å². The molecule has 0 amide bonds. The number of piperidine rings is 1. The van der Waals surface area contributed by atoms with E-state index in [9.17, 15) is 0 Å². The Labute approximate surface area is 146 Å². The van der Waals surface area contributed by atoms with Crippen molar-refractivity contribution in [1.82, 2.24) is 34.3 Å². The van der Waals surface area contributed by atoms with Crippen molar-refractivity contribution in [3.8, 4) is 0 Å². The van der Waals surface area contributed by atoms with Gasteiger partial charge in [-0.1, -0.05) is 0 Å². The number of nitrogens with zero attached hydrogens (tertiary/aromatic N) is 8.